The fraction of sp³-hybridized carbons (Fsp3) is 0.846. The van der Waals surface area contributed by atoms with Crippen molar-refractivity contribution in [3.63, 3.8) is 0 Å². The van der Waals surface area contributed by atoms with Gasteiger partial charge in [0.1, 0.15) is 0 Å². The van der Waals surface area contributed by atoms with Gasteiger partial charge in [-0.3, -0.25) is 4.79 Å². The first-order valence-corrected chi connectivity index (χ1v) is 6.52. The van der Waals surface area contributed by atoms with Crippen molar-refractivity contribution in [2.24, 2.45) is 0 Å². The second kappa shape index (κ2) is 7.33. The van der Waals surface area contributed by atoms with Gasteiger partial charge in [-0.2, -0.15) is 0 Å². The summed E-state index contributed by atoms with van der Waals surface area (Å²) in [7, 11) is 0. The van der Waals surface area contributed by atoms with E-state index in [4.69, 9.17) is 10.2 Å². The van der Waals surface area contributed by atoms with E-state index in [0.717, 1.165) is 0 Å². The average molecular weight is 274 g/mol. The van der Waals surface area contributed by atoms with Crippen LogP contribution in [0, 0.1) is 0 Å². The molecule has 0 fully saturated rings. The molecule has 0 aromatic rings. The molecule has 0 aliphatic heterocycles. The topological polar surface area (TPSA) is 81.1 Å². The molecule has 0 unspecified atom stereocenters. The Bertz CT molecular complexity index is 310. The molecular weight excluding hydrogens is 248 g/mol. The number of hydrogen-bond donors (Lipinski definition) is 2. The molecule has 0 heterocycles. The number of rotatable bonds is 6. The van der Waals surface area contributed by atoms with E-state index < -0.39 is 11.5 Å². The van der Waals surface area contributed by atoms with E-state index in [1.54, 1.807) is 4.90 Å². The zero-order valence-electron chi connectivity index (χ0n) is 12.5. The van der Waals surface area contributed by atoms with Gasteiger partial charge in [0.2, 0.25) is 0 Å². The van der Waals surface area contributed by atoms with Crippen molar-refractivity contribution in [2.45, 2.75) is 52.6 Å². The Balaban J connectivity index is 5.02. The molecule has 0 spiro atoms. The van der Waals surface area contributed by atoms with Crippen molar-refractivity contribution in [1.82, 2.24) is 9.80 Å². The van der Waals surface area contributed by atoms with Gasteiger partial charge in [-0.25, -0.2) is 4.79 Å². The zero-order chi connectivity index (χ0) is 15.2. The van der Waals surface area contributed by atoms with Crippen LogP contribution in [-0.4, -0.2) is 63.3 Å². The second-order valence-corrected chi connectivity index (χ2v) is 5.76. The van der Waals surface area contributed by atoms with Gasteiger partial charge in [-0.05, 0) is 34.6 Å². The Morgan fingerprint density at radius 1 is 1.16 bits per heavy atom. The molecule has 0 saturated carbocycles. The van der Waals surface area contributed by atoms with Crippen LogP contribution >= 0.6 is 0 Å². The molecule has 6 nitrogen and oxygen atoms in total. The lowest BCUT2D eigenvalue weighted by Crippen LogP contribution is -2.54. The standard InChI is InChI=1S/C13H26N2O4/c1-10(2)14(8-9-16)12(19)15(13(3,4)5)7-6-11(17)18/h10,16H,6-9H2,1-5H3,(H,17,18). The number of carboxylic acid groups (broad SMARTS) is 1. The first-order chi connectivity index (χ1) is 8.61. The van der Waals surface area contributed by atoms with Crippen molar-refractivity contribution in [2.75, 3.05) is 19.7 Å². The van der Waals surface area contributed by atoms with Crippen LogP contribution in [0.1, 0.15) is 41.0 Å². The van der Waals surface area contributed by atoms with Gasteiger partial charge in [0.25, 0.3) is 0 Å². The molecule has 2 amide bonds. The molecule has 112 valence electrons. The third-order valence-corrected chi connectivity index (χ3v) is 2.80. The molecular formula is C13H26N2O4. The third kappa shape index (κ3) is 5.92. The van der Waals surface area contributed by atoms with E-state index in [-0.39, 0.29) is 38.2 Å². The Labute approximate surface area is 115 Å². The van der Waals surface area contributed by atoms with Crippen molar-refractivity contribution >= 4 is 12.0 Å². The number of hydrogen-bond acceptors (Lipinski definition) is 3. The molecule has 6 heteroatoms. The highest BCUT2D eigenvalue weighted by Gasteiger charge is 2.31. The number of carbonyl (C=O) groups is 2. The van der Waals surface area contributed by atoms with Gasteiger partial charge >= 0.3 is 12.0 Å². The lowest BCUT2D eigenvalue weighted by molar-refractivity contribution is -0.137. The summed E-state index contributed by atoms with van der Waals surface area (Å²) in [5, 5.41) is 17.8. The molecule has 0 saturated heterocycles. The van der Waals surface area contributed by atoms with Crippen molar-refractivity contribution in [1.29, 1.82) is 0 Å². The number of carboxylic acids is 1. The lowest BCUT2D eigenvalue weighted by atomic mass is 10.1. The van der Waals surface area contributed by atoms with E-state index in [1.165, 1.54) is 4.90 Å². The maximum absolute atomic E-state index is 12.5. The highest BCUT2D eigenvalue weighted by molar-refractivity contribution is 5.76. The SMILES string of the molecule is CC(C)N(CCO)C(=O)N(CCC(=O)O)C(C)(C)C. The van der Waals surface area contributed by atoms with E-state index in [1.807, 2.05) is 34.6 Å². The lowest BCUT2D eigenvalue weighted by Gasteiger charge is -2.40. The summed E-state index contributed by atoms with van der Waals surface area (Å²) in [5.41, 5.74) is -0.463. The summed E-state index contributed by atoms with van der Waals surface area (Å²) in [6.45, 7) is 9.62. The minimum absolute atomic E-state index is 0.0469. The number of nitrogens with zero attached hydrogens (tertiary/aromatic N) is 2. The molecule has 0 atom stereocenters. The minimum atomic E-state index is -0.930. The maximum Gasteiger partial charge on any atom is 0.320 e. The van der Waals surface area contributed by atoms with Crippen molar-refractivity contribution in [3.8, 4) is 0 Å². The van der Waals surface area contributed by atoms with Crippen LogP contribution in [-0.2, 0) is 4.79 Å². The van der Waals surface area contributed by atoms with Crippen LogP contribution < -0.4 is 0 Å². The van der Waals surface area contributed by atoms with E-state index in [2.05, 4.69) is 0 Å². The Morgan fingerprint density at radius 2 is 1.68 bits per heavy atom. The molecule has 0 aliphatic carbocycles. The molecule has 0 aromatic heterocycles. The minimum Gasteiger partial charge on any atom is -0.481 e. The van der Waals surface area contributed by atoms with Gasteiger partial charge in [0.05, 0.1) is 13.0 Å². The number of aliphatic carboxylic acids is 1. The number of carbonyl (C=O) groups excluding carboxylic acids is 1. The summed E-state index contributed by atoms with van der Waals surface area (Å²) in [6.07, 6.45) is -0.0892. The molecule has 19 heavy (non-hydrogen) atoms. The van der Waals surface area contributed by atoms with Crippen LogP contribution in [0.2, 0.25) is 0 Å². The molecule has 0 bridgehead atoms. The van der Waals surface area contributed by atoms with Crippen molar-refractivity contribution < 1.29 is 19.8 Å². The summed E-state index contributed by atoms with van der Waals surface area (Å²) in [4.78, 5) is 26.3. The predicted molar refractivity (Wildman–Crippen MR) is 73.0 cm³/mol. The number of urea groups is 1. The molecule has 0 rings (SSSR count). The molecule has 0 aliphatic rings. The monoisotopic (exact) mass is 274 g/mol. The normalized spacial score (nSPS) is 11.5. The highest BCUT2D eigenvalue weighted by atomic mass is 16.4. The fourth-order valence-electron chi connectivity index (χ4n) is 1.76. The van der Waals surface area contributed by atoms with Crippen LogP contribution in [0.5, 0.6) is 0 Å². The second-order valence-electron chi connectivity index (χ2n) is 5.76. The van der Waals surface area contributed by atoms with Crippen LogP contribution in [0.25, 0.3) is 0 Å². The summed E-state index contributed by atoms with van der Waals surface area (Å²) in [5.74, 6) is -0.930. The van der Waals surface area contributed by atoms with Crippen molar-refractivity contribution in [3.05, 3.63) is 0 Å². The van der Waals surface area contributed by atoms with Gasteiger partial charge in [-0.1, -0.05) is 0 Å². The van der Waals surface area contributed by atoms with E-state index in [0.29, 0.717) is 0 Å². The Hall–Kier alpha value is -1.30. The summed E-state index contributed by atoms with van der Waals surface area (Å²) < 4.78 is 0. The average Bonchev–Trinajstić information content (AvgIpc) is 2.22. The van der Waals surface area contributed by atoms with Gasteiger partial charge in [0, 0.05) is 24.7 Å². The molecule has 2 N–H and O–H groups in total. The molecule has 0 radical (unpaired) electrons. The number of aliphatic hydroxyl groups excluding tert-OH is 1. The van der Waals surface area contributed by atoms with Crippen LogP contribution in [0.15, 0.2) is 0 Å². The van der Waals surface area contributed by atoms with Gasteiger partial charge in [0.15, 0.2) is 0 Å². The molecule has 0 aromatic carbocycles. The maximum atomic E-state index is 12.5. The number of amides is 2. The first kappa shape index (κ1) is 17.7. The van der Waals surface area contributed by atoms with Gasteiger partial charge in [-0.15, -0.1) is 0 Å². The van der Waals surface area contributed by atoms with E-state index in [9.17, 15) is 9.59 Å². The number of aliphatic hydroxyl groups is 1. The Kier molecular flexibility index (Phi) is 6.83. The van der Waals surface area contributed by atoms with Gasteiger partial charge < -0.3 is 20.0 Å². The predicted octanol–water partition coefficient (Wildman–Crippen LogP) is 1.38. The van der Waals surface area contributed by atoms with Crippen LogP contribution in [0.3, 0.4) is 0 Å². The first-order valence-electron chi connectivity index (χ1n) is 6.52. The van der Waals surface area contributed by atoms with E-state index >= 15 is 0 Å². The fourth-order valence-corrected chi connectivity index (χ4v) is 1.76. The third-order valence-electron chi connectivity index (χ3n) is 2.80. The zero-order valence-corrected chi connectivity index (χ0v) is 12.5. The quantitative estimate of drug-likeness (QED) is 0.767. The Morgan fingerprint density at radius 3 is 2.00 bits per heavy atom. The summed E-state index contributed by atoms with van der Waals surface area (Å²) in [6, 6.07) is -0.285. The largest absolute Gasteiger partial charge is 0.481 e. The van der Waals surface area contributed by atoms with Crippen LogP contribution in [0.4, 0.5) is 4.79 Å². The highest BCUT2D eigenvalue weighted by Crippen LogP contribution is 2.17. The summed E-state index contributed by atoms with van der Waals surface area (Å²) >= 11 is 0. The smallest absolute Gasteiger partial charge is 0.320 e.